The van der Waals surface area contributed by atoms with Crippen molar-refractivity contribution in [1.29, 1.82) is 0 Å². The van der Waals surface area contributed by atoms with Crippen LogP contribution in [0, 0.1) is 0 Å². The summed E-state index contributed by atoms with van der Waals surface area (Å²) in [6.07, 6.45) is 4.71. The van der Waals surface area contributed by atoms with Crippen molar-refractivity contribution in [2.75, 3.05) is 6.54 Å². The topological polar surface area (TPSA) is 55.6 Å². The van der Waals surface area contributed by atoms with Gasteiger partial charge >= 0.3 is 0 Å². The first kappa shape index (κ1) is 13.2. The molecule has 0 saturated heterocycles. The Bertz CT molecular complexity index is 463. The molecule has 0 amide bonds. The maximum absolute atomic E-state index is 4.57. The van der Waals surface area contributed by atoms with E-state index in [9.17, 15) is 0 Å². The van der Waals surface area contributed by atoms with Crippen LogP contribution in [0.2, 0.25) is 0 Å². The second-order valence-corrected chi connectivity index (χ2v) is 5.08. The maximum Gasteiger partial charge on any atom is 0.0916 e. The van der Waals surface area contributed by atoms with Crippen molar-refractivity contribution >= 4 is 11.7 Å². The van der Waals surface area contributed by atoms with Gasteiger partial charge in [0.15, 0.2) is 0 Å². The maximum atomic E-state index is 4.57. The fraction of sp³-hybridized carbons (Fsp3) is 0.583. The smallest absolute Gasteiger partial charge is 0.0916 e. The van der Waals surface area contributed by atoms with Gasteiger partial charge in [-0.25, -0.2) is 0 Å². The van der Waals surface area contributed by atoms with Gasteiger partial charge < -0.3 is 5.32 Å². The summed E-state index contributed by atoms with van der Waals surface area (Å²) in [5.41, 5.74) is 2.09. The Morgan fingerprint density at radius 2 is 2.28 bits per heavy atom. The van der Waals surface area contributed by atoms with Gasteiger partial charge in [-0.1, -0.05) is 6.92 Å². The van der Waals surface area contributed by atoms with Crippen LogP contribution in [-0.2, 0) is 6.42 Å². The Balaban J connectivity index is 2.08. The molecule has 2 aromatic heterocycles. The van der Waals surface area contributed by atoms with Crippen molar-refractivity contribution in [3.05, 3.63) is 29.8 Å². The quantitative estimate of drug-likeness (QED) is 0.870. The predicted octanol–water partition coefficient (Wildman–Crippen LogP) is 2.21. The first-order valence-corrected chi connectivity index (χ1v) is 6.98. The minimum Gasteiger partial charge on any atom is -0.309 e. The van der Waals surface area contributed by atoms with Crippen LogP contribution in [0.5, 0.6) is 0 Å². The normalized spacial score (nSPS) is 13.1. The summed E-state index contributed by atoms with van der Waals surface area (Å²) in [5.74, 6) is 0. The van der Waals surface area contributed by atoms with Crippen molar-refractivity contribution in [2.45, 2.75) is 39.3 Å². The molecule has 98 valence electrons. The van der Waals surface area contributed by atoms with Gasteiger partial charge in [0.1, 0.15) is 0 Å². The van der Waals surface area contributed by atoms with Gasteiger partial charge in [0.25, 0.3) is 0 Å². The molecule has 5 nitrogen and oxygen atoms in total. The summed E-state index contributed by atoms with van der Waals surface area (Å²) in [7, 11) is 0. The third-order valence-electron chi connectivity index (χ3n) is 2.79. The minimum atomic E-state index is 0.198. The van der Waals surface area contributed by atoms with Gasteiger partial charge in [0.2, 0.25) is 0 Å². The Labute approximate surface area is 112 Å². The van der Waals surface area contributed by atoms with Crippen molar-refractivity contribution in [3.63, 3.8) is 0 Å². The van der Waals surface area contributed by atoms with E-state index in [1.165, 1.54) is 11.7 Å². The molecule has 18 heavy (non-hydrogen) atoms. The van der Waals surface area contributed by atoms with Crippen LogP contribution < -0.4 is 5.32 Å². The summed E-state index contributed by atoms with van der Waals surface area (Å²) in [6, 6.07) is 2.67. The fourth-order valence-electron chi connectivity index (χ4n) is 1.84. The number of nitrogens with one attached hydrogen (secondary N) is 1. The Morgan fingerprint density at radius 3 is 2.83 bits per heavy atom. The first-order chi connectivity index (χ1) is 8.70. The lowest BCUT2D eigenvalue weighted by Crippen LogP contribution is -2.23. The average Bonchev–Trinajstić information content (AvgIpc) is 2.99. The molecule has 2 rings (SSSR count). The number of hydrogen-bond acceptors (Lipinski definition) is 5. The molecule has 0 fully saturated rings. The highest BCUT2D eigenvalue weighted by Crippen LogP contribution is 2.16. The molecule has 1 unspecified atom stereocenters. The highest BCUT2D eigenvalue weighted by molar-refractivity contribution is 6.99. The van der Waals surface area contributed by atoms with Crippen LogP contribution >= 0.6 is 11.7 Å². The highest BCUT2D eigenvalue weighted by atomic mass is 32.1. The van der Waals surface area contributed by atoms with Crippen LogP contribution in [0.1, 0.15) is 44.2 Å². The van der Waals surface area contributed by atoms with E-state index in [0.717, 1.165) is 24.4 Å². The number of rotatable bonds is 6. The highest BCUT2D eigenvalue weighted by Gasteiger charge is 2.15. The number of likely N-dealkylation sites (N-methyl/N-ethyl adjacent to an activating group) is 1. The van der Waals surface area contributed by atoms with Crippen molar-refractivity contribution < 1.29 is 0 Å². The van der Waals surface area contributed by atoms with Gasteiger partial charge in [-0.2, -0.15) is 13.8 Å². The fourth-order valence-corrected chi connectivity index (χ4v) is 2.31. The van der Waals surface area contributed by atoms with E-state index >= 15 is 0 Å². The Morgan fingerprint density at radius 1 is 1.44 bits per heavy atom. The van der Waals surface area contributed by atoms with Gasteiger partial charge in [-0.05, 0) is 26.5 Å². The summed E-state index contributed by atoms with van der Waals surface area (Å²) >= 11 is 1.25. The van der Waals surface area contributed by atoms with Crippen LogP contribution in [-0.4, -0.2) is 25.1 Å². The zero-order valence-electron chi connectivity index (χ0n) is 11.0. The van der Waals surface area contributed by atoms with E-state index in [1.54, 1.807) is 0 Å². The van der Waals surface area contributed by atoms with Crippen LogP contribution in [0.3, 0.4) is 0 Å². The van der Waals surface area contributed by atoms with Crippen LogP contribution in [0.25, 0.3) is 0 Å². The van der Waals surface area contributed by atoms with E-state index in [1.807, 2.05) is 17.1 Å². The zero-order valence-corrected chi connectivity index (χ0v) is 11.8. The van der Waals surface area contributed by atoms with Gasteiger partial charge in [0, 0.05) is 18.7 Å². The molecule has 1 atom stereocenters. The lowest BCUT2D eigenvalue weighted by molar-refractivity contribution is 0.503. The third kappa shape index (κ3) is 3.14. The predicted molar refractivity (Wildman–Crippen MR) is 72.6 cm³/mol. The van der Waals surface area contributed by atoms with Crippen molar-refractivity contribution in [1.82, 2.24) is 23.8 Å². The monoisotopic (exact) mass is 265 g/mol. The molecule has 0 saturated carbocycles. The molecule has 2 heterocycles. The molecule has 1 N–H and O–H groups in total. The lowest BCUT2D eigenvalue weighted by Gasteiger charge is -2.13. The summed E-state index contributed by atoms with van der Waals surface area (Å²) in [6.45, 7) is 7.26. The molecule has 0 spiro atoms. The second-order valence-electron chi connectivity index (χ2n) is 4.53. The van der Waals surface area contributed by atoms with Crippen molar-refractivity contribution in [3.8, 4) is 0 Å². The molecule has 0 bridgehead atoms. The van der Waals surface area contributed by atoms with Crippen molar-refractivity contribution in [2.24, 2.45) is 0 Å². The van der Waals surface area contributed by atoms with E-state index in [-0.39, 0.29) is 6.04 Å². The Kier molecular flexibility index (Phi) is 4.43. The first-order valence-electron chi connectivity index (χ1n) is 6.25. The van der Waals surface area contributed by atoms with Gasteiger partial charge in [-0.15, -0.1) is 0 Å². The zero-order chi connectivity index (χ0) is 13.0. The molecule has 0 aliphatic carbocycles. The van der Waals surface area contributed by atoms with Gasteiger partial charge in [0.05, 0.1) is 35.4 Å². The van der Waals surface area contributed by atoms with Gasteiger partial charge in [-0.3, -0.25) is 4.68 Å². The minimum absolute atomic E-state index is 0.198. The molecule has 0 radical (unpaired) electrons. The van der Waals surface area contributed by atoms with E-state index in [0.29, 0.717) is 6.04 Å². The molecular weight excluding hydrogens is 246 g/mol. The average molecular weight is 265 g/mol. The molecular formula is C12H19N5S. The lowest BCUT2D eigenvalue weighted by atomic mass is 10.1. The third-order valence-corrected chi connectivity index (χ3v) is 3.28. The standard InChI is InChI=1S/C12H19N5S/c1-4-13-11(12-8-14-18-16-12)7-10-5-6-17(15-10)9(2)3/h5-6,8-9,11,13H,4,7H2,1-3H3. The number of aromatic nitrogens is 4. The van der Waals surface area contributed by atoms with E-state index in [2.05, 4.69) is 46.0 Å². The second kappa shape index (κ2) is 6.06. The largest absolute Gasteiger partial charge is 0.309 e. The summed E-state index contributed by atoms with van der Waals surface area (Å²) < 4.78 is 10.4. The molecule has 6 heteroatoms. The van der Waals surface area contributed by atoms with Crippen LogP contribution in [0.4, 0.5) is 0 Å². The number of hydrogen-bond donors (Lipinski definition) is 1. The molecule has 0 aromatic carbocycles. The molecule has 2 aromatic rings. The summed E-state index contributed by atoms with van der Waals surface area (Å²) in [4.78, 5) is 0. The molecule has 0 aliphatic heterocycles. The Hall–Kier alpha value is -1.27. The summed E-state index contributed by atoms with van der Waals surface area (Å²) in [5, 5.41) is 8.00. The van der Waals surface area contributed by atoms with E-state index < -0.39 is 0 Å². The van der Waals surface area contributed by atoms with E-state index in [4.69, 9.17) is 0 Å². The number of nitrogens with zero attached hydrogens (tertiary/aromatic N) is 4. The van der Waals surface area contributed by atoms with Crippen LogP contribution in [0.15, 0.2) is 18.5 Å². The molecule has 0 aliphatic rings. The SMILES string of the molecule is CCNC(Cc1ccn(C(C)C)n1)c1cnsn1.